The van der Waals surface area contributed by atoms with Crippen LogP contribution in [0.4, 0.5) is 0 Å². The summed E-state index contributed by atoms with van der Waals surface area (Å²) in [6.45, 7) is 11.2. The summed E-state index contributed by atoms with van der Waals surface area (Å²) < 4.78 is 0. The maximum Gasteiger partial charge on any atom is 0.0208 e. The first-order chi connectivity index (χ1) is 8.96. The Kier molecular flexibility index (Phi) is 4.64. The molecule has 1 aromatic carbocycles. The van der Waals surface area contributed by atoms with E-state index in [-0.39, 0.29) is 5.54 Å². The van der Waals surface area contributed by atoms with Gasteiger partial charge in [-0.25, -0.2) is 0 Å². The van der Waals surface area contributed by atoms with Crippen LogP contribution in [0.3, 0.4) is 0 Å². The molecule has 0 radical (unpaired) electrons. The van der Waals surface area contributed by atoms with Gasteiger partial charge in [0.25, 0.3) is 0 Å². The molecule has 2 heteroatoms. The van der Waals surface area contributed by atoms with Crippen LogP contribution in [-0.4, -0.2) is 18.1 Å². The number of hydrogen-bond acceptors (Lipinski definition) is 2. The highest BCUT2D eigenvalue weighted by Crippen LogP contribution is 2.19. The average molecular weight is 260 g/mol. The second kappa shape index (κ2) is 6.06. The summed E-state index contributed by atoms with van der Waals surface area (Å²) in [6, 6.07) is 9.67. The normalized spacial score (nSPS) is 22.7. The fraction of sp³-hybridized carbons (Fsp3) is 0.647. The van der Waals surface area contributed by atoms with Gasteiger partial charge >= 0.3 is 0 Å². The van der Waals surface area contributed by atoms with Crippen LogP contribution in [0.2, 0.25) is 0 Å². The molecule has 0 aromatic heterocycles. The standard InChI is InChI=1S/C17H28N2/c1-13(2)15-7-5-14(6-8-15)12-18-16-9-10-19-17(3,4)11-16/h5-8,13,16,18-19H,9-12H2,1-4H3. The number of piperidine rings is 1. The van der Waals surface area contributed by atoms with Crippen molar-refractivity contribution in [3.8, 4) is 0 Å². The zero-order valence-electron chi connectivity index (χ0n) is 12.8. The van der Waals surface area contributed by atoms with Gasteiger partial charge in [0.05, 0.1) is 0 Å². The van der Waals surface area contributed by atoms with E-state index < -0.39 is 0 Å². The minimum Gasteiger partial charge on any atom is -0.312 e. The molecule has 1 unspecified atom stereocenters. The van der Waals surface area contributed by atoms with Gasteiger partial charge in [0.1, 0.15) is 0 Å². The third-order valence-corrected chi connectivity index (χ3v) is 4.09. The van der Waals surface area contributed by atoms with E-state index in [1.165, 1.54) is 24.0 Å². The lowest BCUT2D eigenvalue weighted by atomic mass is 9.89. The van der Waals surface area contributed by atoms with Gasteiger partial charge in [0.15, 0.2) is 0 Å². The number of hydrogen-bond donors (Lipinski definition) is 2. The van der Waals surface area contributed by atoms with E-state index in [2.05, 4.69) is 62.6 Å². The molecule has 19 heavy (non-hydrogen) atoms. The first kappa shape index (κ1) is 14.5. The van der Waals surface area contributed by atoms with Gasteiger partial charge in [0.2, 0.25) is 0 Å². The first-order valence-corrected chi connectivity index (χ1v) is 7.53. The summed E-state index contributed by atoms with van der Waals surface area (Å²) in [5.74, 6) is 0.618. The van der Waals surface area contributed by atoms with Gasteiger partial charge < -0.3 is 10.6 Å². The molecule has 0 amide bonds. The Morgan fingerprint density at radius 2 is 1.95 bits per heavy atom. The Hall–Kier alpha value is -0.860. The number of nitrogens with one attached hydrogen (secondary N) is 2. The Balaban J connectivity index is 1.85. The predicted octanol–water partition coefficient (Wildman–Crippen LogP) is 3.43. The molecule has 2 rings (SSSR count). The zero-order valence-corrected chi connectivity index (χ0v) is 12.8. The van der Waals surface area contributed by atoms with Crippen molar-refractivity contribution in [1.29, 1.82) is 0 Å². The van der Waals surface area contributed by atoms with Gasteiger partial charge in [-0.15, -0.1) is 0 Å². The molecular weight excluding hydrogens is 232 g/mol. The molecule has 0 bridgehead atoms. The molecule has 1 saturated heterocycles. The monoisotopic (exact) mass is 260 g/mol. The molecule has 1 aromatic rings. The quantitative estimate of drug-likeness (QED) is 0.866. The van der Waals surface area contributed by atoms with Crippen molar-refractivity contribution in [3.05, 3.63) is 35.4 Å². The average Bonchev–Trinajstić information content (AvgIpc) is 2.36. The van der Waals surface area contributed by atoms with E-state index in [0.717, 1.165) is 13.1 Å². The van der Waals surface area contributed by atoms with E-state index in [0.29, 0.717) is 12.0 Å². The fourth-order valence-corrected chi connectivity index (χ4v) is 2.83. The molecule has 1 heterocycles. The summed E-state index contributed by atoms with van der Waals surface area (Å²) in [7, 11) is 0. The molecule has 2 N–H and O–H groups in total. The predicted molar refractivity (Wildman–Crippen MR) is 82.5 cm³/mol. The van der Waals surface area contributed by atoms with Gasteiger partial charge in [-0.1, -0.05) is 38.1 Å². The molecule has 1 aliphatic heterocycles. The van der Waals surface area contributed by atoms with Crippen LogP contribution in [0.1, 0.15) is 57.6 Å². The van der Waals surface area contributed by atoms with Gasteiger partial charge in [0, 0.05) is 18.1 Å². The van der Waals surface area contributed by atoms with Crippen LogP contribution in [0.15, 0.2) is 24.3 Å². The highest BCUT2D eigenvalue weighted by molar-refractivity contribution is 5.24. The van der Waals surface area contributed by atoms with Crippen molar-refractivity contribution >= 4 is 0 Å². The van der Waals surface area contributed by atoms with Crippen LogP contribution in [-0.2, 0) is 6.54 Å². The smallest absolute Gasteiger partial charge is 0.0208 e. The van der Waals surface area contributed by atoms with E-state index >= 15 is 0 Å². The van der Waals surface area contributed by atoms with Crippen molar-refractivity contribution in [3.63, 3.8) is 0 Å². The van der Waals surface area contributed by atoms with E-state index in [9.17, 15) is 0 Å². The summed E-state index contributed by atoms with van der Waals surface area (Å²) in [5.41, 5.74) is 3.09. The Morgan fingerprint density at radius 3 is 2.53 bits per heavy atom. The molecule has 1 atom stereocenters. The summed E-state index contributed by atoms with van der Waals surface area (Å²) in [5, 5.41) is 7.27. The van der Waals surface area contributed by atoms with E-state index in [1.54, 1.807) is 0 Å². The van der Waals surface area contributed by atoms with Crippen molar-refractivity contribution in [2.45, 2.75) is 64.6 Å². The molecule has 0 saturated carbocycles. The van der Waals surface area contributed by atoms with Crippen molar-refractivity contribution in [2.24, 2.45) is 0 Å². The third kappa shape index (κ3) is 4.32. The third-order valence-electron chi connectivity index (χ3n) is 4.09. The number of benzene rings is 1. The largest absolute Gasteiger partial charge is 0.312 e. The summed E-state index contributed by atoms with van der Waals surface area (Å²) in [6.07, 6.45) is 2.44. The highest BCUT2D eigenvalue weighted by atomic mass is 15.0. The van der Waals surface area contributed by atoms with E-state index in [4.69, 9.17) is 0 Å². The lowest BCUT2D eigenvalue weighted by Gasteiger charge is -2.37. The van der Waals surface area contributed by atoms with E-state index in [1.807, 2.05) is 0 Å². The van der Waals surface area contributed by atoms with Crippen molar-refractivity contribution < 1.29 is 0 Å². The maximum absolute atomic E-state index is 3.70. The van der Waals surface area contributed by atoms with Gasteiger partial charge in [-0.3, -0.25) is 0 Å². The maximum atomic E-state index is 3.70. The molecular formula is C17H28N2. The second-order valence-electron chi connectivity index (χ2n) is 6.78. The van der Waals surface area contributed by atoms with Crippen LogP contribution < -0.4 is 10.6 Å². The minimum atomic E-state index is 0.275. The molecule has 1 aliphatic rings. The second-order valence-corrected chi connectivity index (χ2v) is 6.78. The van der Waals surface area contributed by atoms with Crippen LogP contribution >= 0.6 is 0 Å². The molecule has 2 nitrogen and oxygen atoms in total. The fourth-order valence-electron chi connectivity index (χ4n) is 2.83. The highest BCUT2D eigenvalue weighted by Gasteiger charge is 2.26. The Bertz CT molecular complexity index is 392. The van der Waals surface area contributed by atoms with Gasteiger partial charge in [-0.2, -0.15) is 0 Å². The number of rotatable bonds is 4. The molecule has 0 spiro atoms. The summed E-state index contributed by atoms with van der Waals surface area (Å²) >= 11 is 0. The van der Waals surface area contributed by atoms with Crippen molar-refractivity contribution in [1.82, 2.24) is 10.6 Å². The van der Waals surface area contributed by atoms with Gasteiger partial charge in [-0.05, 0) is 50.3 Å². The summed E-state index contributed by atoms with van der Waals surface area (Å²) in [4.78, 5) is 0. The van der Waals surface area contributed by atoms with Crippen molar-refractivity contribution in [2.75, 3.05) is 6.54 Å². The SMILES string of the molecule is CC(C)c1ccc(CNC2CCNC(C)(C)C2)cc1. The molecule has 0 aliphatic carbocycles. The zero-order chi connectivity index (χ0) is 13.9. The van der Waals surface area contributed by atoms with Crippen LogP contribution in [0.25, 0.3) is 0 Å². The Morgan fingerprint density at radius 1 is 1.26 bits per heavy atom. The lowest BCUT2D eigenvalue weighted by molar-refractivity contribution is 0.247. The first-order valence-electron chi connectivity index (χ1n) is 7.53. The molecule has 106 valence electrons. The minimum absolute atomic E-state index is 0.275. The van der Waals surface area contributed by atoms with Crippen LogP contribution in [0.5, 0.6) is 0 Å². The lowest BCUT2D eigenvalue weighted by Crippen LogP contribution is -2.51. The topological polar surface area (TPSA) is 24.1 Å². The van der Waals surface area contributed by atoms with Crippen LogP contribution in [0, 0.1) is 0 Å². The molecule has 1 fully saturated rings. The Labute approximate surface area is 118 Å².